The maximum absolute atomic E-state index is 12.1. The van der Waals surface area contributed by atoms with E-state index in [1.54, 1.807) is 14.2 Å². The van der Waals surface area contributed by atoms with Crippen LogP contribution in [0.5, 0.6) is 11.5 Å². The Kier molecular flexibility index (Phi) is 5.23. The van der Waals surface area contributed by atoms with Crippen LogP contribution in [0.1, 0.15) is 11.1 Å². The first-order valence-electron chi connectivity index (χ1n) is 8.23. The number of carbonyl (C=O) groups is 1. The largest absolute Gasteiger partial charge is 0.493 e. The first-order chi connectivity index (χ1) is 12.2. The summed E-state index contributed by atoms with van der Waals surface area (Å²) in [6.45, 7) is 0.609. The summed E-state index contributed by atoms with van der Waals surface area (Å²) in [7, 11) is 3.18. The Morgan fingerprint density at radius 3 is 2.60 bits per heavy atom. The van der Waals surface area contributed by atoms with Crippen LogP contribution in [0, 0.1) is 0 Å². The minimum atomic E-state index is -0.00632. The van der Waals surface area contributed by atoms with Gasteiger partial charge in [-0.3, -0.25) is 4.79 Å². The van der Waals surface area contributed by atoms with Crippen molar-refractivity contribution in [2.45, 2.75) is 12.8 Å². The molecular weight excluding hydrogens is 316 g/mol. The van der Waals surface area contributed by atoms with Gasteiger partial charge >= 0.3 is 0 Å². The van der Waals surface area contributed by atoms with Crippen molar-refractivity contribution >= 4 is 16.8 Å². The topological polar surface area (TPSA) is 63.3 Å². The van der Waals surface area contributed by atoms with Crippen LogP contribution in [-0.4, -0.2) is 31.7 Å². The second kappa shape index (κ2) is 7.75. The second-order valence-corrected chi connectivity index (χ2v) is 5.87. The number of amides is 1. The van der Waals surface area contributed by atoms with Gasteiger partial charge in [-0.2, -0.15) is 0 Å². The van der Waals surface area contributed by atoms with Crippen molar-refractivity contribution in [1.29, 1.82) is 0 Å². The van der Waals surface area contributed by atoms with Crippen molar-refractivity contribution in [3.8, 4) is 11.5 Å². The summed E-state index contributed by atoms with van der Waals surface area (Å²) < 4.78 is 10.5. The summed E-state index contributed by atoms with van der Waals surface area (Å²) in [6.07, 6.45) is 3.04. The predicted molar refractivity (Wildman–Crippen MR) is 98.3 cm³/mol. The van der Waals surface area contributed by atoms with E-state index >= 15 is 0 Å². The number of rotatable bonds is 7. The highest BCUT2D eigenvalue weighted by molar-refractivity contribution is 5.80. The molecule has 2 N–H and O–H groups in total. The highest BCUT2D eigenvalue weighted by Gasteiger charge is 2.08. The van der Waals surface area contributed by atoms with Gasteiger partial charge < -0.3 is 19.8 Å². The molecule has 0 saturated heterocycles. The van der Waals surface area contributed by atoms with Crippen LogP contribution in [0.4, 0.5) is 0 Å². The maximum atomic E-state index is 12.1. The van der Waals surface area contributed by atoms with Crippen LogP contribution in [0.25, 0.3) is 10.9 Å². The molecule has 0 aliphatic carbocycles. The molecule has 0 atom stereocenters. The van der Waals surface area contributed by atoms with Crippen molar-refractivity contribution in [2.24, 2.45) is 0 Å². The summed E-state index contributed by atoms with van der Waals surface area (Å²) in [6, 6.07) is 13.9. The molecule has 25 heavy (non-hydrogen) atoms. The average Bonchev–Trinajstić information content (AvgIpc) is 3.09. The summed E-state index contributed by atoms with van der Waals surface area (Å²) in [5, 5.41) is 4.16. The van der Waals surface area contributed by atoms with Gasteiger partial charge in [0.1, 0.15) is 0 Å². The van der Waals surface area contributed by atoms with Gasteiger partial charge in [0, 0.05) is 18.3 Å². The number of nitrogens with one attached hydrogen (secondary N) is 2. The lowest BCUT2D eigenvalue weighted by Gasteiger charge is -2.10. The molecule has 5 heteroatoms. The first-order valence-corrected chi connectivity index (χ1v) is 8.23. The molecule has 1 aromatic heterocycles. The number of carbonyl (C=O) groups excluding carboxylic acids is 1. The molecule has 130 valence electrons. The van der Waals surface area contributed by atoms with E-state index in [1.165, 1.54) is 10.9 Å². The van der Waals surface area contributed by atoms with E-state index in [-0.39, 0.29) is 5.91 Å². The summed E-state index contributed by atoms with van der Waals surface area (Å²) in [5.74, 6) is 1.28. The van der Waals surface area contributed by atoms with Gasteiger partial charge in [-0.05, 0) is 47.2 Å². The van der Waals surface area contributed by atoms with Gasteiger partial charge in [-0.25, -0.2) is 0 Å². The molecule has 0 unspecified atom stereocenters. The minimum Gasteiger partial charge on any atom is -0.493 e. The van der Waals surface area contributed by atoms with E-state index in [1.807, 2.05) is 30.5 Å². The Balaban J connectivity index is 1.52. The average molecular weight is 338 g/mol. The quantitative estimate of drug-likeness (QED) is 0.696. The van der Waals surface area contributed by atoms with Gasteiger partial charge in [0.2, 0.25) is 5.91 Å². The van der Waals surface area contributed by atoms with Crippen LogP contribution in [0.2, 0.25) is 0 Å². The van der Waals surface area contributed by atoms with Crippen LogP contribution >= 0.6 is 0 Å². The van der Waals surface area contributed by atoms with Crippen LogP contribution in [0.3, 0.4) is 0 Å². The number of ether oxygens (including phenoxy) is 2. The monoisotopic (exact) mass is 338 g/mol. The molecule has 0 fully saturated rings. The van der Waals surface area contributed by atoms with Crippen molar-refractivity contribution in [3.63, 3.8) is 0 Å². The highest BCUT2D eigenvalue weighted by Crippen LogP contribution is 2.27. The second-order valence-electron chi connectivity index (χ2n) is 5.87. The van der Waals surface area contributed by atoms with Crippen molar-refractivity contribution < 1.29 is 14.3 Å². The molecule has 0 radical (unpaired) electrons. The fourth-order valence-corrected chi connectivity index (χ4v) is 2.84. The smallest absolute Gasteiger partial charge is 0.224 e. The zero-order valence-corrected chi connectivity index (χ0v) is 14.5. The number of H-pyrrole nitrogens is 1. The number of aromatic nitrogens is 1. The Morgan fingerprint density at radius 2 is 1.80 bits per heavy atom. The predicted octanol–water partition coefficient (Wildman–Crippen LogP) is 3.09. The molecule has 1 amide bonds. The normalized spacial score (nSPS) is 10.6. The van der Waals surface area contributed by atoms with E-state index in [2.05, 4.69) is 28.5 Å². The molecule has 0 aliphatic heterocycles. The van der Waals surface area contributed by atoms with Gasteiger partial charge in [0.25, 0.3) is 0 Å². The van der Waals surface area contributed by atoms with Crippen molar-refractivity contribution in [1.82, 2.24) is 10.3 Å². The van der Waals surface area contributed by atoms with E-state index < -0.39 is 0 Å². The lowest BCUT2D eigenvalue weighted by atomic mass is 10.1. The summed E-state index contributed by atoms with van der Waals surface area (Å²) in [5.41, 5.74) is 3.21. The maximum Gasteiger partial charge on any atom is 0.224 e. The zero-order valence-electron chi connectivity index (χ0n) is 14.5. The molecule has 0 saturated carbocycles. The Bertz CT molecular complexity index is 870. The number of methoxy groups -OCH3 is 2. The number of benzene rings is 2. The van der Waals surface area contributed by atoms with Crippen LogP contribution in [-0.2, 0) is 17.6 Å². The molecule has 0 spiro atoms. The van der Waals surface area contributed by atoms with Gasteiger partial charge in [-0.1, -0.05) is 18.2 Å². The first kappa shape index (κ1) is 16.9. The van der Waals surface area contributed by atoms with Gasteiger partial charge in [0.15, 0.2) is 11.5 Å². The Morgan fingerprint density at radius 1 is 1.00 bits per heavy atom. The highest BCUT2D eigenvalue weighted by atomic mass is 16.5. The third-order valence-corrected chi connectivity index (χ3v) is 4.17. The molecule has 3 aromatic rings. The Labute approximate surface area is 147 Å². The summed E-state index contributed by atoms with van der Waals surface area (Å²) >= 11 is 0. The van der Waals surface area contributed by atoms with Crippen LogP contribution in [0.15, 0.2) is 48.7 Å². The molecule has 5 nitrogen and oxygen atoms in total. The third kappa shape index (κ3) is 4.12. The zero-order chi connectivity index (χ0) is 17.6. The van der Waals surface area contributed by atoms with E-state index in [0.29, 0.717) is 24.5 Å². The van der Waals surface area contributed by atoms with E-state index in [9.17, 15) is 4.79 Å². The van der Waals surface area contributed by atoms with Gasteiger partial charge in [0.05, 0.1) is 20.6 Å². The number of aromatic amines is 1. The lowest BCUT2D eigenvalue weighted by molar-refractivity contribution is -0.120. The summed E-state index contributed by atoms with van der Waals surface area (Å²) in [4.78, 5) is 15.3. The van der Waals surface area contributed by atoms with E-state index in [0.717, 1.165) is 17.5 Å². The minimum absolute atomic E-state index is 0.00632. The fourth-order valence-electron chi connectivity index (χ4n) is 2.84. The molecule has 0 bridgehead atoms. The molecule has 1 heterocycles. The lowest BCUT2D eigenvalue weighted by Crippen LogP contribution is -2.27. The van der Waals surface area contributed by atoms with E-state index in [4.69, 9.17) is 9.47 Å². The molecule has 0 aliphatic rings. The van der Waals surface area contributed by atoms with Crippen molar-refractivity contribution in [2.75, 3.05) is 20.8 Å². The third-order valence-electron chi connectivity index (χ3n) is 4.17. The number of fused-ring (bicyclic) bond motifs is 1. The molecule has 3 rings (SSSR count). The fraction of sp³-hybridized carbons (Fsp3) is 0.250. The van der Waals surface area contributed by atoms with Crippen molar-refractivity contribution in [3.05, 3.63) is 59.8 Å². The Hall–Kier alpha value is -2.95. The van der Waals surface area contributed by atoms with Gasteiger partial charge in [-0.15, -0.1) is 0 Å². The number of hydrogen-bond donors (Lipinski definition) is 2. The number of hydrogen-bond acceptors (Lipinski definition) is 3. The molecule has 2 aromatic carbocycles. The molecular formula is C20H22N2O3. The van der Waals surface area contributed by atoms with Crippen LogP contribution < -0.4 is 14.8 Å². The standard InChI is InChI=1S/C20H22N2O3/c1-24-18-6-4-15(12-19(18)25-2)13-20(23)22-9-7-14-3-5-16-8-10-21-17(16)11-14/h3-6,8,10-12,21H,7,9,13H2,1-2H3,(H,22,23). The SMILES string of the molecule is COc1ccc(CC(=O)NCCc2ccc3cc[nH]c3c2)cc1OC.